The molecule has 0 saturated carbocycles. The number of carbonyl (C=O) groups is 2. The summed E-state index contributed by atoms with van der Waals surface area (Å²) in [5.41, 5.74) is 1.66. The molecule has 23 heavy (non-hydrogen) atoms. The average Bonchev–Trinajstić information content (AvgIpc) is 2.53. The molecular formula is C18H26N2O3. The molecule has 2 amide bonds. The lowest BCUT2D eigenvalue weighted by Crippen LogP contribution is -2.34. The van der Waals surface area contributed by atoms with Crippen LogP contribution in [0.25, 0.3) is 0 Å². The molecule has 0 aromatic heterocycles. The van der Waals surface area contributed by atoms with Crippen LogP contribution >= 0.6 is 0 Å². The van der Waals surface area contributed by atoms with E-state index in [0.29, 0.717) is 19.6 Å². The zero-order valence-corrected chi connectivity index (χ0v) is 13.9. The monoisotopic (exact) mass is 318 g/mol. The summed E-state index contributed by atoms with van der Waals surface area (Å²) in [6.45, 7) is 8.17. The van der Waals surface area contributed by atoms with Gasteiger partial charge >= 0.3 is 0 Å². The zero-order chi connectivity index (χ0) is 17.1. The highest BCUT2D eigenvalue weighted by atomic mass is 16.5. The Morgan fingerprint density at radius 2 is 2.17 bits per heavy atom. The van der Waals surface area contributed by atoms with Gasteiger partial charge in [-0.3, -0.25) is 9.59 Å². The molecule has 0 aliphatic heterocycles. The van der Waals surface area contributed by atoms with Crippen LogP contribution in [0, 0.1) is 0 Å². The maximum Gasteiger partial charge on any atom is 0.249 e. The highest BCUT2D eigenvalue weighted by Crippen LogP contribution is 2.11. The van der Waals surface area contributed by atoms with Crippen LogP contribution in [-0.4, -0.2) is 24.5 Å². The summed E-state index contributed by atoms with van der Waals surface area (Å²) in [6, 6.07) is 7.45. The number of anilines is 1. The second kappa shape index (κ2) is 10.6. The molecule has 1 rings (SSSR count). The SMILES string of the molecule is C=CCCOC(C)C(=O)NCc1cccc(NC(=O)CCC)c1. The summed E-state index contributed by atoms with van der Waals surface area (Å²) >= 11 is 0. The average molecular weight is 318 g/mol. The Labute approximate surface area is 138 Å². The number of benzene rings is 1. The maximum atomic E-state index is 11.9. The summed E-state index contributed by atoms with van der Waals surface area (Å²) in [6.07, 6.45) is 3.29. The van der Waals surface area contributed by atoms with Gasteiger partial charge in [-0.1, -0.05) is 25.1 Å². The molecule has 0 saturated heterocycles. The third kappa shape index (κ3) is 7.61. The predicted molar refractivity (Wildman–Crippen MR) is 92.1 cm³/mol. The molecule has 0 bridgehead atoms. The molecule has 1 aromatic carbocycles. The van der Waals surface area contributed by atoms with Crippen molar-refractivity contribution in [2.24, 2.45) is 0 Å². The molecule has 5 heteroatoms. The van der Waals surface area contributed by atoms with Gasteiger partial charge in [0.2, 0.25) is 11.8 Å². The molecule has 0 aliphatic rings. The number of ether oxygens (including phenoxy) is 1. The number of amides is 2. The first-order valence-corrected chi connectivity index (χ1v) is 7.95. The largest absolute Gasteiger partial charge is 0.368 e. The Morgan fingerprint density at radius 1 is 1.39 bits per heavy atom. The summed E-state index contributed by atoms with van der Waals surface area (Å²) < 4.78 is 5.40. The van der Waals surface area contributed by atoms with E-state index < -0.39 is 6.10 Å². The molecule has 0 heterocycles. The molecular weight excluding hydrogens is 292 g/mol. The van der Waals surface area contributed by atoms with Gasteiger partial charge in [-0.2, -0.15) is 0 Å². The molecule has 1 aromatic rings. The van der Waals surface area contributed by atoms with Crippen molar-refractivity contribution < 1.29 is 14.3 Å². The fourth-order valence-electron chi connectivity index (χ4n) is 1.95. The first kappa shape index (κ1) is 18.9. The van der Waals surface area contributed by atoms with E-state index in [0.717, 1.165) is 24.1 Å². The van der Waals surface area contributed by atoms with Gasteiger partial charge in [-0.15, -0.1) is 6.58 Å². The lowest BCUT2D eigenvalue weighted by molar-refractivity contribution is -0.131. The van der Waals surface area contributed by atoms with Gasteiger partial charge in [0.05, 0.1) is 6.61 Å². The number of rotatable bonds is 10. The predicted octanol–water partition coefficient (Wildman–Crippen LogP) is 3.02. The Morgan fingerprint density at radius 3 is 2.87 bits per heavy atom. The second-order valence-corrected chi connectivity index (χ2v) is 5.31. The van der Waals surface area contributed by atoms with Crippen LogP contribution in [0.5, 0.6) is 0 Å². The number of nitrogens with one attached hydrogen (secondary N) is 2. The first-order chi connectivity index (χ1) is 11.1. The van der Waals surface area contributed by atoms with Gasteiger partial charge < -0.3 is 15.4 Å². The van der Waals surface area contributed by atoms with Crippen molar-refractivity contribution in [3.63, 3.8) is 0 Å². The van der Waals surface area contributed by atoms with E-state index in [1.807, 2.05) is 31.2 Å². The topological polar surface area (TPSA) is 67.4 Å². The first-order valence-electron chi connectivity index (χ1n) is 7.95. The van der Waals surface area contributed by atoms with E-state index in [9.17, 15) is 9.59 Å². The van der Waals surface area contributed by atoms with E-state index >= 15 is 0 Å². The molecule has 1 unspecified atom stereocenters. The highest BCUT2D eigenvalue weighted by molar-refractivity contribution is 5.90. The zero-order valence-electron chi connectivity index (χ0n) is 13.9. The van der Waals surface area contributed by atoms with Gasteiger partial charge in [0, 0.05) is 18.7 Å². The highest BCUT2D eigenvalue weighted by Gasteiger charge is 2.12. The van der Waals surface area contributed by atoms with Gasteiger partial charge in [0.15, 0.2) is 0 Å². The van der Waals surface area contributed by atoms with Gasteiger partial charge in [-0.05, 0) is 37.5 Å². The lowest BCUT2D eigenvalue weighted by Gasteiger charge is -2.13. The summed E-state index contributed by atoms with van der Waals surface area (Å²) in [5.74, 6) is -0.160. The van der Waals surface area contributed by atoms with Crippen molar-refractivity contribution in [2.75, 3.05) is 11.9 Å². The standard InChI is InChI=1S/C18H26N2O3/c1-4-6-11-23-14(3)18(22)19-13-15-9-7-10-16(12-15)20-17(21)8-5-2/h4,7,9-10,12,14H,1,5-6,8,11,13H2,2-3H3,(H,19,22)(H,20,21). The number of hydrogen-bond acceptors (Lipinski definition) is 3. The van der Waals surface area contributed by atoms with Crippen LogP contribution < -0.4 is 10.6 Å². The van der Waals surface area contributed by atoms with Crippen LogP contribution in [0.15, 0.2) is 36.9 Å². The van der Waals surface area contributed by atoms with E-state index in [4.69, 9.17) is 4.74 Å². The molecule has 0 radical (unpaired) electrons. The van der Waals surface area contributed by atoms with Crippen molar-refractivity contribution >= 4 is 17.5 Å². The maximum absolute atomic E-state index is 11.9. The van der Waals surface area contributed by atoms with Crippen LogP contribution in [0.1, 0.15) is 38.7 Å². The molecule has 0 aliphatic carbocycles. The Kier molecular flexibility index (Phi) is 8.68. The second-order valence-electron chi connectivity index (χ2n) is 5.31. The van der Waals surface area contributed by atoms with Crippen molar-refractivity contribution in [1.82, 2.24) is 5.32 Å². The van der Waals surface area contributed by atoms with Crippen LogP contribution in [0.2, 0.25) is 0 Å². The number of carbonyl (C=O) groups excluding carboxylic acids is 2. The van der Waals surface area contributed by atoms with E-state index in [2.05, 4.69) is 17.2 Å². The summed E-state index contributed by atoms with van der Waals surface area (Å²) in [5, 5.41) is 5.67. The normalized spacial score (nSPS) is 11.6. The van der Waals surface area contributed by atoms with Crippen LogP contribution in [-0.2, 0) is 20.9 Å². The molecule has 2 N–H and O–H groups in total. The smallest absolute Gasteiger partial charge is 0.249 e. The Balaban J connectivity index is 2.46. The summed E-state index contributed by atoms with van der Waals surface area (Å²) in [7, 11) is 0. The van der Waals surface area contributed by atoms with Crippen molar-refractivity contribution in [3.8, 4) is 0 Å². The van der Waals surface area contributed by atoms with Gasteiger partial charge in [0.25, 0.3) is 0 Å². The fourth-order valence-corrected chi connectivity index (χ4v) is 1.95. The third-order valence-corrected chi connectivity index (χ3v) is 3.21. The van der Waals surface area contributed by atoms with Crippen molar-refractivity contribution in [3.05, 3.63) is 42.5 Å². The lowest BCUT2D eigenvalue weighted by atomic mass is 10.2. The Bertz CT molecular complexity index is 529. The minimum absolute atomic E-state index is 0.00192. The van der Waals surface area contributed by atoms with E-state index in [-0.39, 0.29) is 11.8 Å². The molecule has 126 valence electrons. The van der Waals surface area contributed by atoms with Gasteiger partial charge in [0.1, 0.15) is 6.10 Å². The summed E-state index contributed by atoms with van der Waals surface area (Å²) in [4.78, 5) is 23.5. The minimum Gasteiger partial charge on any atom is -0.368 e. The van der Waals surface area contributed by atoms with Crippen molar-refractivity contribution in [2.45, 2.75) is 45.8 Å². The van der Waals surface area contributed by atoms with Crippen molar-refractivity contribution in [1.29, 1.82) is 0 Å². The molecule has 0 spiro atoms. The van der Waals surface area contributed by atoms with E-state index in [1.165, 1.54) is 0 Å². The van der Waals surface area contributed by atoms with Crippen LogP contribution in [0.4, 0.5) is 5.69 Å². The van der Waals surface area contributed by atoms with Gasteiger partial charge in [-0.25, -0.2) is 0 Å². The molecule has 5 nitrogen and oxygen atoms in total. The molecule has 1 atom stereocenters. The fraction of sp³-hybridized carbons (Fsp3) is 0.444. The molecule has 0 fully saturated rings. The third-order valence-electron chi connectivity index (χ3n) is 3.21. The number of hydrogen-bond donors (Lipinski definition) is 2. The minimum atomic E-state index is -0.498. The van der Waals surface area contributed by atoms with E-state index in [1.54, 1.807) is 13.0 Å². The Hall–Kier alpha value is -2.14. The quantitative estimate of drug-likeness (QED) is 0.515. The van der Waals surface area contributed by atoms with Crippen LogP contribution in [0.3, 0.4) is 0 Å².